The minimum absolute atomic E-state index is 0.0612. The molecule has 0 aliphatic carbocycles. The van der Waals surface area contributed by atoms with Gasteiger partial charge >= 0.3 is 5.97 Å². The first-order valence-electron chi connectivity index (χ1n) is 8.89. The van der Waals surface area contributed by atoms with Crippen molar-refractivity contribution in [2.75, 3.05) is 11.5 Å². The molecular formula is C18H17N5O5S2. The summed E-state index contributed by atoms with van der Waals surface area (Å²) in [4.78, 5) is 38.1. The maximum Gasteiger partial charge on any atom is 0.352 e. The number of aliphatic carboxylic acids is 1. The van der Waals surface area contributed by atoms with Crippen molar-refractivity contribution in [2.45, 2.75) is 22.5 Å². The molecule has 3 heterocycles. The number of hydrogen-bond acceptors (Lipinski definition) is 8. The van der Waals surface area contributed by atoms with E-state index >= 15 is 0 Å². The number of carbonyl (C=O) groups is 3. The number of β-lactam (4-membered cyclic amide) rings is 1. The lowest BCUT2D eigenvalue weighted by molar-refractivity contribution is -0.151. The molecule has 4 N–H and O–H groups in total. The minimum Gasteiger partial charge on any atom is -0.477 e. The van der Waals surface area contributed by atoms with Gasteiger partial charge in [-0.15, -0.1) is 16.9 Å². The van der Waals surface area contributed by atoms with E-state index < -0.39 is 35.3 Å². The van der Waals surface area contributed by atoms with Crippen LogP contribution in [0.25, 0.3) is 0 Å². The first kappa shape index (κ1) is 20.4. The van der Waals surface area contributed by atoms with Crippen molar-refractivity contribution in [2.24, 2.45) is 0 Å². The lowest BCUT2D eigenvalue weighted by Gasteiger charge is -2.49. The van der Waals surface area contributed by atoms with Crippen LogP contribution in [0.5, 0.6) is 0 Å². The molecule has 2 aliphatic heterocycles. The molecule has 1 saturated heterocycles. The number of fused-ring (bicyclic) bond motifs is 1. The second kappa shape index (κ2) is 8.50. The van der Waals surface area contributed by atoms with Crippen molar-refractivity contribution in [1.82, 2.24) is 25.6 Å². The number of aliphatic hydroxyl groups excluding tert-OH is 1. The van der Waals surface area contributed by atoms with E-state index in [9.17, 15) is 24.6 Å². The molecule has 12 heteroatoms. The van der Waals surface area contributed by atoms with Crippen molar-refractivity contribution in [3.63, 3.8) is 0 Å². The van der Waals surface area contributed by atoms with Crippen LogP contribution in [0.15, 0.2) is 52.8 Å². The number of carbonyl (C=O) groups excluding carboxylic acids is 2. The standard InChI is InChI=1S/C18H17N5O5S2/c24-14(9-4-2-1-3-5-9)15(25)20-12-16(26)23-13(18(27)28)10(8-30-17(12)23)7-29-11-6-19-22-21-11/h1-6,12,14,17,24H,7-8H2,(H,20,25)(H,27,28)(H,19,21,22)/t12?,14?,17-/m0/s1. The van der Waals surface area contributed by atoms with E-state index in [4.69, 9.17) is 0 Å². The Morgan fingerprint density at radius 2 is 2.13 bits per heavy atom. The Labute approximate surface area is 179 Å². The molecule has 156 valence electrons. The number of rotatable bonds is 7. The number of H-pyrrole nitrogens is 1. The normalized spacial score (nSPS) is 21.6. The summed E-state index contributed by atoms with van der Waals surface area (Å²) in [7, 11) is 0. The third kappa shape index (κ3) is 3.80. The number of amides is 2. The highest BCUT2D eigenvalue weighted by atomic mass is 32.2. The predicted molar refractivity (Wildman–Crippen MR) is 108 cm³/mol. The van der Waals surface area contributed by atoms with Crippen molar-refractivity contribution < 1.29 is 24.6 Å². The van der Waals surface area contributed by atoms with Gasteiger partial charge in [-0.05, 0) is 11.1 Å². The van der Waals surface area contributed by atoms with Crippen LogP contribution in [0.2, 0.25) is 0 Å². The molecule has 0 radical (unpaired) electrons. The highest BCUT2D eigenvalue weighted by Gasteiger charge is 2.54. The molecule has 1 aromatic heterocycles. The van der Waals surface area contributed by atoms with Crippen LogP contribution in [0, 0.1) is 0 Å². The van der Waals surface area contributed by atoms with Gasteiger partial charge in [0.15, 0.2) is 6.10 Å². The van der Waals surface area contributed by atoms with Crippen molar-refractivity contribution in [1.29, 1.82) is 0 Å². The number of thioether (sulfide) groups is 2. The maximum atomic E-state index is 12.7. The van der Waals surface area contributed by atoms with E-state index in [0.29, 0.717) is 27.7 Å². The Hall–Kier alpha value is -2.83. The number of nitrogens with one attached hydrogen (secondary N) is 2. The molecular weight excluding hydrogens is 430 g/mol. The number of carboxylic acid groups (broad SMARTS) is 1. The molecule has 1 aromatic carbocycles. The number of aromatic nitrogens is 3. The van der Waals surface area contributed by atoms with Crippen LogP contribution in [-0.4, -0.2) is 71.2 Å². The fourth-order valence-corrected chi connectivity index (χ4v) is 5.50. The molecule has 10 nitrogen and oxygen atoms in total. The maximum absolute atomic E-state index is 12.7. The monoisotopic (exact) mass is 447 g/mol. The van der Waals surface area contributed by atoms with Crippen LogP contribution in [0.3, 0.4) is 0 Å². The summed E-state index contributed by atoms with van der Waals surface area (Å²) in [6.07, 6.45) is 0.119. The van der Waals surface area contributed by atoms with Crippen molar-refractivity contribution in [3.05, 3.63) is 53.4 Å². The number of carboxylic acids is 1. The second-order valence-electron chi connectivity index (χ2n) is 6.56. The summed E-state index contributed by atoms with van der Waals surface area (Å²) in [5.41, 5.74) is 0.946. The summed E-state index contributed by atoms with van der Waals surface area (Å²) in [5, 5.41) is 32.6. The topological polar surface area (TPSA) is 149 Å². The molecule has 30 heavy (non-hydrogen) atoms. The number of benzene rings is 1. The smallest absolute Gasteiger partial charge is 0.352 e. The van der Waals surface area contributed by atoms with Gasteiger partial charge in [0, 0.05) is 11.5 Å². The van der Waals surface area contributed by atoms with Gasteiger partial charge in [0.25, 0.3) is 11.8 Å². The highest BCUT2D eigenvalue weighted by Crippen LogP contribution is 2.41. The molecule has 2 unspecified atom stereocenters. The zero-order valence-electron chi connectivity index (χ0n) is 15.4. The van der Waals surface area contributed by atoms with Gasteiger partial charge in [0.1, 0.15) is 22.1 Å². The van der Waals surface area contributed by atoms with E-state index in [2.05, 4.69) is 20.7 Å². The zero-order chi connectivity index (χ0) is 21.3. The number of aliphatic hydroxyl groups is 1. The van der Waals surface area contributed by atoms with Gasteiger partial charge in [0.2, 0.25) is 0 Å². The van der Waals surface area contributed by atoms with Crippen molar-refractivity contribution >= 4 is 41.3 Å². The van der Waals surface area contributed by atoms with Crippen LogP contribution in [0.1, 0.15) is 11.7 Å². The Morgan fingerprint density at radius 3 is 2.80 bits per heavy atom. The molecule has 2 amide bonds. The summed E-state index contributed by atoms with van der Waals surface area (Å²) < 4.78 is 0. The summed E-state index contributed by atoms with van der Waals surface area (Å²) in [5.74, 6) is -1.66. The second-order valence-corrected chi connectivity index (χ2v) is 8.66. The Balaban J connectivity index is 1.46. The van der Waals surface area contributed by atoms with Gasteiger partial charge in [-0.3, -0.25) is 14.5 Å². The van der Waals surface area contributed by atoms with Gasteiger partial charge < -0.3 is 15.5 Å². The number of hydrogen-bond donors (Lipinski definition) is 4. The first-order chi connectivity index (χ1) is 14.5. The Kier molecular flexibility index (Phi) is 5.79. The Morgan fingerprint density at radius 1 is 1.37 bits per heavy atom. The fourth-order valence-electron chi connectivity index (χ4n) is 3.23. The molecule has 2 aromatic rings. The molecule has 0 saturated carbocycles. The van der Waals surface area contributed by atoms with Gasteiger partial charge in [-0.25, -0.2) is 4.79 Å². The summed E-state index contributed by atoms with van der Waals surface area (Å²) in [6, 6.07) is 7.48. The number of nitrogens with zero attached hydrogens (tertiary/aromatic N) is 3. The van der Waals surface area contributed by atoms with E-state index in [0.717, 1.165) is 0 Å². The van der Waals surface area contributed by atoms with E-state index in [1.54, 1.807) is 30.3 Å². The third-order valence-electron chi connectivity index (χ3n) is 4.70. The van der Waals surface area contributed by atoms with Crippen LogP contribution >= 0.6 is 23.5 Å². The van der Waals surface area contributed by atoms with Crippen LogP contribution in [0.4, 0.5) is 0 Å². The molecule has 0 spiro atoms. The summed E-state index contributed by atoms with van der Waals surface area (Å²) in [6.45, 7) is 0. The van der Waals surface area contributed by atoms with Crippen LogP contribution in [-0.2, 0) is 14.4 Å². The SMILES string of the molecule is O=C(O)C1=C(CSc2cn[nH]n2)CS[C@H]2C(NC(=O)C(O)c3ccccc3)C(=O)N12. The first-order valence-corrected chi connectivity index (χ1v) is 10.9. The van der Waals surface area contributed by atoms with Crippen LogP contribution < -0.4 is 5.32 Å². The molecule has 2 aliphatic rings. The minimum atomic E-state index is -1.41. The van der Waals surface area contributed by atoms with E-state index in [-0.39, 0.29) is 5.70 Å². The third-order valence-corrected chi connectivity index (χ3v) is 7.02. The molecule has 4 rings (SSSR count). The summed E-state index contributed by atoms with van der Waals surface area (Å²) >= 11 is 2.69. The largest absolute Gasteiger partial charge is 0.477 e. The van der Waals surface area contributed by atoms with Gasteiger partial charge in [0.05, 0.1) is 6.20 Å². The van der Waals surface area contributed by atoms with E-state index in [1.807, 2.05) is 0 Å². The van der Waals surface area contributed by atoms with E-state index in [1.165, 1.54) is 34.6 Å². The predicted octanol–water partition coefficient (Wildman–Crippen LogP) is 0.369. The van der Waals surface area contributed by atoms with Gasteiger partial charge in [-0.2, -0.15) is 10.3 Å². The highest BCUT2D eigenvalue weighted by molar-refractivity contribution is 8.01. The lowest BCUT2D eigenvalue weighted by Crippen LogP contribution is -2.70. The fraction of sp³-hybridized carbons (Fsp3) is 0.278. The average Bonchev–Trinajstić information content (AvgIpc) is 3.28. The quantitative estimate of drug-likeness (QED) is 0.349. The molecule has 1 fully saturated rings. The molecule has 0 bridgehead atoms. The Bertz CT molecular complexity index is 998. The zero-order valence-corrected chi connectivity index (χ0v) is 17.0. The number of aromatic amines is 1. The molecule has 3 atom stereocenters. The average molecular weight is 447 g/mol. The lowest BCUT2D eigenvalue weighted by atomic mass is 10.0. The van der Waals surface area contributed by atoms with Crippen molar-refractivity contribution in [3.8, 4) is 0 Å². The van der Waals surface area contributed by atoms with Gasteiger partial charge in [-0.1, -0.05) is 42.1 Å².